The highest BCUT2D eigenvalue weighted by atomic mass is 19.1. The minimum absolute atomic E-state index is 0.0797. The first kappa shape index (κ1) is 22.9. The van der Waals surface area contributed by atoms with Gasteiger partial charge in [-0.1, -0.05) is 12.1 Å². The van der Waals surface area contributed by atoms with Crippen LogP contribution in [0.5, 0.6) is 5.75 Å². The van der Waals surface area contributed by atoms with Crippen molar-refractivity contribution >= 4 is 29.5 Å². The number of urea groups is 1. The second-order valence-corrected chi connectivity index (χ2v) is 8.07. The largest absolute Gasteiger partial charge is 0.497 e. The van der Waals surface area contributed by atoms with E-state index in [0.29, 0.717) is 18.5 Å². The average molecular weight is 465 g/mol. The Morgan fingerprint density at radius 3 is 2.47 bits per heavy atom. The molecule has 0 spiro atoms. The Morgan fingerprint density at radius 2 is 1.79 bits per heavy atom. The molecule has 10 nitrogen and oxygen atoms in total. The van der Waals surface area contributed by atoms with Crippen molar-refractivity contribution in [2.75, 3.05) is 18.2 Å². The van der Waals surface area contributed by atoms with E-state index in [0.717, 1.165) is 16.2 Å². The smallest absolute Gasteiger partial charge is 0.325 e. The highest BCUT2D eigenvalue weighted by Gasteiger charge is 2.47. The first-order valence-electron chi connectivity index (χ1n) is 10.6. The van der Waals surface area contributed by atoms with Gasteiger partial charge in [-0.05, 0) is 61.7 Å². The predicted octanol–water partition coefficient (Wildman–Crippen LogP) is 2.79. The van der Waals surface area contributed by atoms with Gasteiger partial charge in [0.2, 0.25) is 11.9 Å². The molecule has 34 heavy (non-hydrogen) atoms. The average Bonchev–Trinajstić information content (AvgIpc) is 3.02. The Morgan fingerprint density at radius 1 is 1.09 bits per heavy atom. The number of ether oxygens (including phenoxy) is 1. The summed E-state index contributed by atoms with van der Waals surface area (Å²) >= 11 is 0. The lowest BCUT2D eigenvalue weighted by molar-refractivity contribution is -0.131. The molecule has 1 aliphatic heterocycles. The number of methoxy groups -OCH3 is 1. The molecule has 176 valence electrons. The van der Waals surface area contributed by atoms with Crippen LogP contribution in [0.4, 0.5) is 26.8 Å². The fraction of sp³-hybridized carbons (Fsp3) is 0.261. The number of carbonyl (C=O) groups excluding carboxylic acids is 2. The number of rotatable bonds is 8. The molecule has 1 atom stereocenters. The van der Waals surface area contributed by atoms with Gasteiger partial charge < -0.3 is 21.1 Å². The highest BCUT2D eigenvalue weighted by Crippen LogP contribution is 2.25. The minimum Gasteiger partial charge on any atom is -0.497 e. The Labute approximate surface area is 195 Å². The van der Waals surface area contributed by atoms with E-state index < -0.39 is 11.6 Å². The van der Waals surface area contributed by atoms with Gasteiger partial charge in [0.05, 0.1) is 13.7 Å². The Bertz CT molecular complexity index is 1200. The van der Waals surface area contributed by atoms with E-state index in [9.17, 15) is 14.0 Å². The van der Waals surface area contributed by atoms with Crippen LogP contribution in [0.2, 0.25) is 0 Å². The summed E-state index contributed by atoms with van der Waals surface area (Å²) in [6.45, 7) is 1.52. The first-order valence-corrected chi connectivity index (χ1v) is 10.6. The summed E-state index contributed by atoms with van der Waals surface area (Å²) < 4.78 is 18.3. The summed E-state index contributed by atoms with van der Waals surface area (Å²) in [6, 6.07) is 12.6. The number of nitrogens with zero attached hydrogens (tertiary/aromatic N) is 4. The van der Waals surface area contributed by atoms with Crippen molar-refractivity contribution in [1.82, 2.24) is 25.2 Å². The van der Waals surface area contributed by atoms with Crippen molar-refractivity contribution in [1.29, 1.82) is 0 Å². The van der Waals surface area contributed by atoms with E-state index in [-0.39, 0.29) is 36.0 Å². The molecule has 0 radical (unpaired) electrons. The van der Waals surface area contributed by atoms with Gasteiger partial charge in [0.25, 0.3) is 5.91 Å². The second-order valence-electron chi connectivity index (χ2n) is 8.07. The first-order chi connectivity index (χ1) is 16.3. The van der Waals surface area contributed by atoms with E-state index in [1.165, 1.54) is 24.3 Å². The summed E-state index contributed by atoms with van der Waals surface area (Å²) in [6.07, 6.45) is 1.00. The maximum absolute atomic E-state index is 13.1. The van der Waals surface area contributed by atoms with Crippen molar-refractivity contribution in [3.8, 4) is 5.75 Å². The number of aryl methyl sites for hydroxylation is 1. The second kappa shape index (κ2) is 9.30. The summed E-state index contributed by atoms with van der Waals surface area (Å²) in [5, 5.41) is 5.68. The number of nitrogens with one attached hydrogen (secondary N) is 2. The van der Waals surface area contributed by atoms with Gasteiger partial charge >= 0.3 is 6.03 Å². The molecule has 4 rings (SSSR count). The topological polar surface area (TPSA) is 135 Å². The number of halogens is 1. The third-order valence-electron chi connectivity index (χ3n) is 5.52. The van der Waals surface area contributed by atoms with E-state index in [1.807, 2.05) is 24.3 Å². The third kappa shape index (κ3) is 5.03. The monoisotopic (exact) mass is 465 g/mol. The van der Waals surface area contributed by atoms with Crippen LogP contribution in [-0.2, 0) is 17.8 Å². The van der Waals surface area contributed by atoms with Crippen LogP contribution in [0.3, 0.4) is 0 Å². The molecule has 1 aromatic heterocycles. The quantitative estimate of drug-likeness (QED) is 0.432. The zero-order chi connectivity index (χ0) is 24.3. The molecule has 1 fully saturated rings. The van der Waals surface area contributed by atoms with E-state index in [1.54, 1.807) is 14.0 Å². The molecule has 2 heterocycles. The molecule has 4 N–H and O–H groups in total. The molecule has 11 heteroatoms. The van der Waals surface area contributed by atoms with Crippen molar-refractivity contribution in [2.24, 2.45) is 0 Å². The van der Waals surface area contributed by atoms with Crippen LogP contribution < -0.4 is 21.1 Å². The SMILES string of the molecule is COc1ccc(CC[C@@]2(C)NC(=O)N(Cc3nc(N)nc(Nc4ccc(F)cc4)n3)C2=O)cc1. The lowest BCUT2D eigenvalue weighted by atomic mass is 9.93. The van der Waals surface area contributed by atoms with Crippen LogP contribution in [0.25, 0.3) is 0 Å². The maximum atomic E-state index is 13.1. The Balaban J connectivity index is 1.45. The molecule has 0 bridgehead atoms. The lowest BCUT2D eigenvalue weighted by Crippen LogP contribution is -2.44. The van der Waals surface area contributed by atoms with Crippen molar-refractivity contribution in [2.45, 2.75) is 31.8 Å². The number of imide groups is 1. The summed E-state index contributed by atoms with van der Waals surface area (Å²) in [5.41, 5.74) is 6.29. The van der Waals surface area contributed by atoms with Gasteiger partial charge in [0, 0.05) is 5.69 Å². The predicted molar refractivity (Wildman–Crippen MR) is 123 cm³/mol. The normalized spacial score (nSPS) is 17.6. The van der Waals surface area contributed by atoms with Crippen molar-refractivity contribution in [3.05, 3.63) is 65.7 Å². The van der Waals surface area contributed by atoms with Crippen LogP contribution in [0, 0.1) is 5.82 Å². The minimum atomic E-state index is -1.06. The van der Waals surface area contributed by atoms with E-state index in [4.69, 9.17) is 10.5 Å². The van der Waals surface area contributed by atoms with E-state index >= 15 is 0 Å². The zero-order valence-electron chi connectivity index (χ0n) is 18.7. The molecule has 0 aliphatic carbocycles. The number of nitrogens with two attached hydrogens (primary N) is 1. The third-order valence-corrected chi connectivity index (χ3v) is 5.52. The molecule has 1 saturated heterocycles. The van der Waals surface area contributed by atoms with Crippen LogP contribution in [0.1, 0.15) is 24.7 Å². The van der Waals surface area contributed by atoms with Gasteiger partial charge in [-0.15, -0.1) is 0 Å². The molecule has 2 aromatic carbocycles. The number of anilines is 3. The van der Waals surface area contributed by atoms with Gasteiger partial charge in [0.1, 0.15) is 17.1 Å². The van der Waals surface area contributed by atoms with Gasteiger partial charge in [0.15, 0.2) is 5.82 Å². The van der Waals surface area contributed by atoms with Crippen molar-refractivity contribution in [3.63, 3.8) is 0 Å². The number of nitrogen functional groups attached to an aromatic ring is 1. The summed E-state index contributed by atoms with van der Waals surface area (Å²) in [4.78, 5) is 39.1. The fourth-order valence-electron chi connectivity index (χ4n) is 3.61. The Kier molecular flexibility index (Phi) is 6.26. The lowest BCUT2D eigenvalue weighted by Gasteiger charge is -2.21. The molecular weight excluding hydrogens is 441 g/mol. The van der Waals surface area contributed by atoms with Crippen LogP contribution in [0.15, 0.2) is 48.5 Å². The number of benzene rings is 2. The van der Waals surface area contributed by atoms with Gasteiger partial charge in [-0.2, -0.15) is 15.0 Å². The highest BCUT2D eigenvalue weighted by molar-refractivity contribution is 6.06. The molecule has 1 aliphatic rings. The van der Waals surface area contributed by atoms with E-state index in [2.05, 4.69) is 25.6 Å². The molecule has 0 saturated carbocycles. The number of hydrogen-bond donors (Lipinski definition) is 3. The van der Waals surface area contributed by atoms with Crippen LogP contribution in [-0.4, -0.2) is 44.4 Å². The number of amides is 3. The molecule has 3 aromatic rings. The molecule has 3 amide bonds. The molecular formula is C23H24FN7O3. The number of aromatic nitrogens is 3. The van der Waals surface area contributed by atoms with Crippen molar-refractivity contribution < 1.29 is 18.7 Å². The Hall–Kier alpha value is -4.28. The zero-order valence-corrected chi connectivity index (χ0v) is 18.7. The fourth-order valence-corrected chi connectivity index (χ4v) is 3.61. The standard InChI is InChI=1S/C23H24FN7O3/c1-23(12-11-14-3-9-17(34-2)10-4-14)19(32)31(22(33)30-23)13-18-27-20(25)29-21(28-18)26-16-7-5-15(24)6-8-16/h3-10H,11-13H2,1-2H3,(H,30,33)(H3,25,26,27,28,29)/t23-/m1/s1. The van der Waals surface area contributed by atoms with Gasteiger partial charge in [-0.3, -0.25) is 9.69 Å². The van der Waals surface area contributed by atoms with Crippen LogP contribution >= 0.6 is 0 Å². The van der Waals surface area contributed by atoms with Gasteiger partial charge in [-0.25, -0.2) is 9.18 Å². The summed E-state index contributed by atoms with van der Waals surface area (Å²) in [5.74, 6) is 0.164. The molecule has 0 unspecified atom stereocenters. The maximum Gasteiger partial charge on any atom is 0.325 e. The number of carbonyl (C=O) groups is 2. The summed E-state index contributed by atoms with van der Waals surface area (Å²) in [7, 11) is 1.60. The number of hydrogen-bond acceptors (Lipinski definition) is 8.